The maximum atomic E-state index is 13.3. The van der Waals surface area contributed by atoms with Crippen molar-refractivity contribution < 1.29 is 13.9 Å². The van der Waals surface area contributed by atoms with Crippen LogP contribution in [0.3, 0.4) is 0 Å². The highest BCUT2D eigenvalue weighted by Gasteiger charge is 2.24. The summed E-state index contributed by atoms with van der Waals surface area (Å²) >= 11 is 0. The normalized spacial score (nSPS) is 20.2. The molecule has 0 spiro atoms. The van der Waals surface area contributed by atoms with Gasteiger partial charge in [0, 0.05) is 43.8 Å². The first-order chi connectivity index (χ1) is 17.6. The van der Waals surface area contributed by atoms with Gasteiger partial charge in [-0.15, -0.1) is 19.7 Å². The number of fused-ring (bicyclic) bond motifs is 1. The van der Waals surface area contributed by atoms with Crippen LogP contribution in [0.25, 0.3) is 11.0 Å². The van der Waals surface area contributed by atoms with E-state index in [-0.39, 0.29) is 6.10 Å². The van der Waals surface area contributed by atoms with Gasteiger partial charge in [-0.2, -0.15) is 4.21 Å². The number of likely N-dealkylation sites (tertiary alicyclic amines) is 1. The fourth-order valence-corrected chi connectivity index (χ4v) is 6.68. The number of hydrogen-bond acceptors (Lipinski definition) is 8. The maximum absolute atomic E-state index is 13.3. The summed E-state index contributed by atoms with van der Waals surface area (Å²) in [6.07, 6.45) is 5.24. The predicted octanol–water partition coefficient (Wildman–Crippen LogP) is 2.92. The molecule has 2 aliphatic heterocycles. The number of hydrogen-bond donors (Lipinski definition) is 4. The van der Waals surface area contributed by atoms with Crippen LogP contribution >= 0.6 is 0 Å². The van der Waals surface area contributed by atoms with Gasteiger partial charge in [-0.05, 0) is 87.7 Å². The Morgan fingerprint density at radius 3 is 2.54 bits per heavy atom. The number of anilines is 3. The molecule has 5 rings (SSSR count). The summed E-state index contributed by atoms with van der Waals surface area (Å²) < 4.78 is 27.2. The minimum Gasteiger partial charge on any atom is -0.391 e. The number of aliphatic hydroxyl groups is 1. The first-order valence-corrected chi connectivity index (χ1v) is 15.3. The van der Waals surface area contributed by atoms with Gasteiger partial charge in [-0.25, -0.2) is 9.71 Å². The highest BCUT2D eigenvalue weighted by atomic mass is 32.3. The molecule has 1 atom stereocenters. The number of aliphatic hydroxyl groups excluding tert-OH is 1. The van der Waals surface area contributed by atoms with Crippen LogP contribution in [0.15, 0.2) is 41.3 Å². The van der Waals surface area contributed by atoms with E-state index in [1.807, 2.05) is 19.1 Å². The lowest BCUT2D eigenvalue weighted by Crippen LogP contribution is -2.48. The summed E-state index contributed by atoms with van der Waals surface area (Å²) in [7, 11) is -4.16. The lowest BCUT2D eigenvalue weighted by molar-refractivity contribution is 0.154. The molecule has 2 saturated heterocycles. The van der Waals surface area contributed by atoms with Crippen LogP contribution in [-0.4, -0.2) is 85.6 Å². The van der Waals surface area contributed by atoms with Crippen molar-refractivity contribution in [3.63, 3.8) is 0 Å². The van der Waals surface area contributed by atoms with Gasteiger partial charge in [0.05, 0.1) is 16.5 Å². The van der Waals surface area contributed by atoms with Crippen LogP contribution in [0, 0.1) is 6.92 Å². The smallest absolute Gasteiger partial charge is 0.247 e. The summed E-state index contributed by atoms with van der Waals surface area (Å²) in [5, 5.41) is 21.8. The molecule has 0 bridgehead atoms. The second-order valence-electron chi connectivity index (χ2n) is 10.4. The van der Waals surface area contributed by atoms with E-state index in [9.17, 15) is 13.9 Å². The third-order valence-electron chi connectivity index (χ3n) is 7.24. The van der Waals surface area contributed by atoms with Crippen molar-refractivity contribution in [3.8, 4) is 0 Å². The van der Waals surface area contributed by atoms with E-state index in [0.29, 0.717) is 35.1 Å². The molecule has 0 saturated carbocycles. The molecule has 4 N–H and O–H groups in total. The fourth-order valence-electron chi connectivity index (χ4n) is 5.17. The maximum Gasteiger partial charge on any atom is 0.247 e. The Balaban J connectivity index is 1.26. The van der Waals surface area contributed by atoms with Crippen molar-refractivity contribution in [1.29, 1.82) is 0 Å². The second-order valence-corrected chi connectivity index (χ2v) is 13.7. The topological polar surface area (TPSA) is 127 Å². The van der Waals surface area contributed by atoms with Gasteiger partial charge >= 0.3 is 0 Å². The molecule has 2 fully saturated rings. The molecule has 1 aromatic heterocycles. The van der Waals surface area contributed by atoms with Crippen LogP contribution in [0.1, 0.15) is 31.2 Å². The summed E-state index contributed by atoms with van der Waals surface area (Å²) in [6.45, 7) is 6.89. The minimum atomic E-state index is -4.16. The van der Waals surface area contributed by atoms with Crippen LogP contribution in [0.5, 0.6) is 0 Å². The molecule has 0 amide bonds. The predicted molar refractivity (Wildman–Crippen MR) is 148 cm³/mol. The van der Waals surface area contributed by atoms with Crippen LogP contribution in [-0.2, 0) is 9.53 Å². The molecular formula is C26H37N7O3S. The lowest BCUT2D eigenvalue weighted by atomic mass is 10.1. The van der Waals surface area contributed by atoms with E-state index in [0.717, 1.165) is 55.8 Å². The first kappa shape index (κ1) is 25.9. The van der Waals surface area contributed by atoms with Gasteiger partial charge in [0.2, 0.25) is 5.95 Å². The Kier molecular flexibility index (Phi) is 7.16. The third kappa shape index (κ3) is 6.07. The molecule has 0 radical (unpaired) electrons. The van der Waals surface area contributed by atoms with E-state index >= 15 is 0 Å². The molecule has 2 aliphatic rings. The Labute approximate surface area is 217 Å². The molecule has 11 heteroatoms. The van der Waals surface area contributed by atoms with E-state index in [2.05, 4.69) is 35.0 Å². The molecular weight excluding hydrogens is 490 g/mol. The lowest BCUT2D eigenvalue weighted by Gasteiger charge is -2.40. The van der Waals surface area contributed by atoms with Crippen LogP contribution in [0.4, 0.5) is 17.3 Å². The number of aryl methyl sites for hydroxylation is 1. The number of nitrogens with zero attached hydrogens (tertiary/aromatic N) is 5. The van der Waals surface area contributed by atoms with E-state index in [1.54, 1.807) is 24.3 Å². The number of rotatable bonds is 8. The van der Waals surface area contributed by atoms with Crippen molar-refractivity contribution in [2.45, 2.75) is 43.6 Å². The quantitative estimate of drug-likeness (QED) is 0.350. The minimum absolute atomic E-state index is 0.306. The molecule has 2 aromatic carbocycles. The number of aromatic nitrogens is 3. The van der Waals surface area contributed by atoms with E-state index in [4.69, 9.17) is 0 Å². The van der Waals surface area contributed by atoms with Gasteiger partial charge < -0.3 is 20.2 Å². The zero-order chi connectivity index (χ0) is 26.1. The van der Waals surface area contributed by atoms with E-state index < -0.39 is 9.53 Å². The first-order valence-electron chi connectivity index (χ1n) is 13.0. The zero-order valence-corrected chi connectivity index (χ0v) is 22.4. The molecule has 0 aliphatic carbocycles. The molecule has 3 heterocycles. The van der Waals surface area contributed by atoms with Gasteiger partial charge in [0.25, 0.3) is 0 Å². The fraction of sp³-hybridized carbons (Fsp3) is 0.500. The number of piperidine rings is 1. The SMILES string of the molecule is Cc1cc2nc(Nc3ccc(S(C)(=O)(O)NCCN4CCCC4)cc3)nnc2cc1N1CCCC(O)C1. The van der Waals surface area contributed by atoms with Crippen LogP contribution in [0.2, 0.25) is 0 Å². The summed E-state index contributed by atoms with van der Waals surface area (Å²) in [6, 6.07) is 10.8. The van der Waals surface area contributed by atoms with Crippen molar-refractivity contribution in [2.24, 2.45) is 0 Å². The average Bonchev–Trinajstić information content (AvgIpc) is 3.37. The third-order valence-corrected chi connectivity index (χ3v) is 9.51. The Hall–Kier alpha value is -2.70. The van der Waals surface area contributed by atoms with Crippen molar-refractivity contribution in [1.82, 2.24) is 24.8 Å². The van der Waals surface area contributed by atoms with Crippen molar-refractivity contribution >= 4 is 37.9 Å². The Morgan fingerprint density at radius 1 is 1.05 bits per heavy atom. The van der Waals surface area contributed by atoms with Gasteiger partial charge in [-0.3, -0.25) is 4.55 Å². The number of benzene rings is 2. The molecule has 200 valence electrons. The van der Waals surface area contributed by atoms with Crippen LogP contribution < -0.4 is 14.9 Å². The van der Waals surface area contributed by atoms with Crippen molar-refractivity contribution in [2.75, 3.05) is 55.7 Å². The average molecular weight is 528 g/mol. The Morgan fingerprint density at radius 2 is 1.81 bits per heavy atom. The standard InChI is InChI=1S/C26H37N7O3S/c1-19-16-23-24(17-25(19)33-14-5-6-21(34)18-33)30-31-26(29-23)28-20-7-9-22(10-8-20)37(2,35,36)27-11-15-32-12-3-4-13-32/h7-10,16-17,21,34H,3-6,11-15,18H2,1-2H3,(H2,27,35,36)(H,28,29,31). The molecule has 1 unspecified atom stereocenters. The largest absolute Gasteiger partial charge is 0.391 e. The number of nitrogens with one attached hydrogen (secondary N) is 2. The highest BCUT2D eigenvalue weighted by Crippen LogP contribution is 2.29. The van der Waals surface area contributed by atoms with Gasteiger partial charge in [0.1, 0.15) is 5.52 Å². The molecule has 10 nitrogen and oxygen atoms in total. The summed E-state index contributed by atoms with van der Waals surface area (Å²) in [5.41, 5.74) is 4.23. The number of β-amino-alcohol motifs (C(OH)–C–C–N with tert-alkyl or cyclic N) is 1. The van der Waals surface area contributed by atoms with Crippen molar-refractivity contribution in [3.05, 3.63) is 42.0 Å². The molecule has 37 heavy (non-hydrogen) atoms. The van der Waals surface area contributed by atoms with Gasteiger partial charge in [-0.1, -0.05) is 0 Å². The summed E-state index contributed by atoms with van der Waals surface area (Å²) in [5.74, 6) is 0.350. The summed E-state index contributed by atoms with van der Waals surface area (Å²) in [4.78, 5) is 9.46. The zero-order valence-electron chi connectivity index (χ0n) is 21.6. The highest BCUT2D eigenvalue weighted by molar-refractivity contribution is 8.12. The Bertz CT molecular complexity index is 1320. The molecule has 3 aromatic rings. The van der Waals surface area contributed by atoms with Gasteiger partial charge in [0.15, 0.2) is 0 Å². The monoisotopic (exact) mass is 527 g/mol. The second kappa shape index (κ2) is 10.2. The van der Waals surface area contributed by atoms with E-state index in [1.165, 1.54) is 19.1 Å².